The van der Waals surface area contributed by atoms with Crippen molar-refractivity contribution in [1.82, 2.24) is 9.55 Å². The monoisotopic (exact) mass is 479 g/mol. The minimum Gasteiger partial charge on any atom is -0.490 e. The van der Waals surface area contributed by atoms with E-state index in [1.807, 2.05) is 54.6 Å². The first-order valence-corrected chi connectivity index (χ1v) is 11.2. The summed E-state index contributed by atoms with van der Waals surface area (Å²) < 4.78 is 12.6. The number of nitro groups is 1. The normalized spacial score (nSPS) is 10.8. The molecule has 5 rings (SSSR count). The van der Waals surface area contributed by atoms with Crippen LogP contribution >= 0.6 is 0 Å². The van der Waals surface area contributed by atoms with E-state index in [9.17, 15) is 14.9 Å². The molecule has 0 radical (unpaired) electrons. The van der Waals surface area contributed by atoms with E-state index in [4.69, 9.17) is 14.5 Å². The number of hydrogen-bond acceptors (Lipinski definition) is 6. The lowest BCUT2D eigenvalue weighted by Crippen LogP contribution is -2.09. The average Bonchev–Trinajstić information content (AvgIpc) is 3.27. The number of methoxy groups -OCH3 is 1. The van der Waals surface area contributed by atoms with Crippen molar-refractivity contribution in [3.8, 4) is 22.9 Å². The zero-order valence-corrected chi connectivity index (χ0v) is 19.3. The van der Waals surface area contributed by atoms with Crippen molar-refractivity contribution in [2.45, 2.75) is 6.54 Å². The van der Waals surface area contributed by atoms with Crippen LogP contribution in [0.3, 0.4) is 0 Å². The van der Waals surface area contributed by atoms with Crippen LogP contribution in [0.5, 0.6) is 11.5 Å². The van der Waals surface area contributed by atoms with Gasteiger partial charge < -0.3 is 14.0 Å². The smallest absolute Gasteiger partial charge is 0.343 e. The van der Waals surface area contributed by atoms with Crippen molar-refractivity contribution in [2.75, 3.05) is 7.11 Å². The van der Waals surface area contributed by atoms with Gasteiger partial charge in [-0.1, -0.05) is 42.5 Å². The van der Waals surface area contributed by atoms with Crippen LogP contribution in [0.4, 0.5) is 5.69 Å². The predicted octanol–water partition coefficient (Wildman–Crippen LogP) is 5.89. The quantitative estimate of drug-likeness (QED) is 0.125. The Morgan fingerprint density at radius 1 is 0.944 bits per heavy atom. The molecule has 0 atom stereocenters. The molecular weight excluding hydrogens is 458 g/mol. The Bertz CT molecular complexity index is 1560. The first kappa shape index (κ1) is 22.8. The number of nitrogens with zero attached hydrogens (tertiary/aromatic N) is 3. The molecule has 0 bridgehead atoms. The van der Waals surface area contributed by atoms with E-state index in [1.54, 1.807) is 12.1 Å². The second kappa shape index (κ2) is 9.71. The molecule has 0 fully saturated rings. The topological polar surface area (TPSA) is 96.5 Å². The number of fused-ring (bicyclic) bond motifs is 1. The Balaban J connectivity index is 1.42. The molecule has 178 valence electrons. The van der Waals surface area contributed by atoms with Gasteiger partial charge >= 0.3 is 11.7 Å². The van der Waals surface area contributed by atoms with Crippen LogP contribution in [-0.2, 0) is 6.54 Å². The molecule has 0 spiro atoms. The number of hydrogen-bond donors (Lipinski definition) is 0. The van der Waals surface area contributed by atoms with Crippen molar-refractivity contribution in [1.29, 1.82) is 0 Å². The SMILES string of the molecule is COc1ccc(C(=O)Oc2ccc(-c3nc4ccccc4n3Cc3ccccc3)cc2)cc1[N+](=O)[O-]. The van der Waals surface area contributed by atoms with E-state index in [1.165, 1.54) is 19.2 Å². The van der Waals surface area contributed by atoms with Gasteiger partial charge in [0.15, 0.2) is 5.75 Å². The third kappa shape index (κ3) is 4.52. The number of para-hydroxylation sites is 2. The van der Waals surface area contributed by atoms with Crippen LogP contribution in [0.15, 0.2) is 97.1 Å². The van der Waals surface area contributed by atoms with Gasteiger partial charge in [0, 0.05) is 18.2 Å². The van der Waals surface area contributed by atoms with E-state index in [2.05, 4.69) is 16.7 Å². The summed E-state index contributed by atoms with van der Waals surface area (Å²) in [6.45, 7) is 0.656. The van der Waals surface area contributed by atoms with Crippen LogP contribution in [0.1, 0.15) is 15.9 Å². The van der Waals surface area contributed by atoms with Gasteiger partial charge in [-0.15, -0.1) is 0 Å². The number of rotatable bonds is 7. The number of imidazole rings is 1. The fourth-order valence-corrected chi connectivity index (χ4v) is 4.02. The van der Waals surface area contributed by atoms with Gasteiger partial charge in [-0.25, -0.2) is 9.78 Å². The van der Waals surface area contributed by atoms with E-state index in [0.717, 1.165) is 34.1 Å². The second-order valence-corrected chi connectivity index (χ2v) is 8.05. The van der Waals surface area contributed by atoms with E-state index < -0.39 is 10.9 Å². The molecule has 0 amide bonds. The van der Waals surface area contributed by atoms with Crippen LogP contribution in [0, 0.1) is 10.1 Å². The molecule has 0 saturated carbocycles. The fraction of sp³-hybridized carbons (Fsp3) is 0.0714. The van der Waals surface area contributed by atoms with Crippen LogP contribution in [0.2, 0.25) is 0 Å². The molecular formula is C28H21N3O5. The zero-order valence-electron chi connectivity index (χ0n) is 19.3. The summed E-state index contributed by atoms with van der Waals surface area (Å²) in [4.78, 5) is 28.1. The van der Waals surface area contributed by atoms with Crippen molar-refractivity contribution in [2.24, 2.45) is 0 Å². The van der Waals surface area contributed by atoms with Crippen molar-refractivity contribution >= 4 is 22.7 Å². The molecule has 1 aromatic heterocycles. The maximum atomic E-state index is 12.6. The maximum Gasteiger partial charge on any atom is 0.343 e. The summed E-state index contributed by atoms with van der Waals surface area (Å²) in [6.07, 6.45) is 0. The summed E-state index contributed by atoms with van der Waals surface area (Å²) in [6, 6.07) is 29.1. The largest absolute Gasteiger partial charge is 0.490 e. The van der Waals surface area contributed by atoms with E-state index in [0.29, 0.717) is 12.3 Å². The number of nitro benzene ring substituents is 1. The summed E-state index contributed by atoms with van der Waals surface area (Å²) >= 11 is 0. The molecule has 8 nitrogen and oxygen atoms in total. The fourth-order valence-electron chi connectivity index (χ4n) is 4.02. The molecule has 0 aliphatic carbocycles. The van der Waals surface area contributed by atoms with E-state index in [-0.39, 0.29) is 17.0 Å². The number of carbonyl (C=O) groups is 1. The van der Waals surface area contributed by atoms with Gasteiger partial charge in [-0.2, -0.15) is 0 Å². The summed E-state index contributed by atoms with van der Waals surface area (Å²) in [5.74, 6) is 0.473. The highest BCUT2D eigenvalue weighted by atomic mass is 16.6. The number of benzene rings is 4. The highest BCUT2D eigenvalue weighted by Crippen LogP contribution is 2.30. The zero-order chi connectivity index (χ0) is 25.1. The standard InChI is InChI=1S/C28H21N3O5/c1-35-26-16-13-21(17-25(26)31(33)34)28(32)36-22-14-11-20(12-15-22)27-29-23-9-5-6-10-24(23)30(27)18-19-7-3-2-4-8-19/h2-17H,18H2,1H3. The minimum absolute atomic E-state index is 0.0521. The van der Waals surface area contributed by atoms with Crippen molar-refractivity contribution in [3.05, 3.63) is 118 Å². The first-order valence-electron chi connectivity index (χ1n) is 11.2. The molecule has 1 heterocycles. The number of aromatic nitrogens is 2. The molecule has 5 aromatic rings. The molecule has 0 aliphatic rings. The summed E-state index contributed by atoms with van der Waals surface area (Å²) in [5.41, 5.74) is 3.67. The highest BCUT2D eigenvalue weighted by Gasteiger charge is 2.20. The lowest BCUT2D eigenvalue weighted by molar-refractivity contribution is -0.385. The Kier molecular flexibility index (Phi) is 6.15. The summed E-state index contributed by atoms with van der Waals surface area (Å²) in [7, 11) is 1.33. The highest BCUT2D eigenvalue weighted by molar-refractivity contribution is 5.92. The molecule has 0 N–H and O–H groups in total. The van der Waals surface area contributed by atoms with Crippen LogP contribution < -0.4 is 9.47 Å². The number of ether oxygens (including phenoxy) is 2. The second-order valence-electron chi connectivity index (χ2n) is 8.05. The number of carbonyl (C=O) groups excluding carboxylic acids is 1. The number of esters is 1. The Labute approximate surface area is 206 Å². The Morgan fingerprint density at radius 2 is 1.67 bits per heavy atom. The third-order valence-electron chi connectivity index (χ3n) is 5.77. The molecule has 4 aromatic carbocycles. The molecule has 36 heavy (non-hydrogen) atoms. The predicted molar refractivity (Wildman–Crippen MR) is 135 cm³/mol. The van der Waals surface area contributed by atoms with Crippen LogP contribution in [-0.4, -0.2) is 27.6 Å². The van der Waals surface area contributed by atoms with Crippen molar-refractivity contribution < 1.29 is 19.2 Å². The van der Waals surface area contributed by atoms with Gasteiger partial charge in [-0.05, 0) is 54.1 Å². The van der Waals surface area contributed by atoms with Gasteiger partial charge in [0.2, 0.25) is 0 Å². The lowest BCUT2D eigenvalue weighted by atomic mass is 10.1. The lowest BCUT2D eigenvalue weighted by Gasteiger charge is -2.11. The Hall–Kier alpha value is -4.98. The summed E-state index contributed by atoms with van der Waals surface area (Å²) in [5, 5.41) is 11.3. The maximum absolute atomic E-state index is 12.6. The average molecular weight is 479 g/mol. The van der Waals surface area contributed by atoms with Crippen LogP contribution in [0.25, 0.3) is 22.4 Å². The third-order valence-corrected chi connectivity index (χ3v) is 5.77. The molecule has 0 saturated heterocycles. The van der Waals surface area contributed by atoms with E-state index >= 15 is 0 Å². The van der Waals surface area contributed by atoms with Gasteiger partial charge in [-0.3, -0.25) is 10.1 Å². The van der Waals surface area contributed by atoms with Gasteiger partial charge in [0.05, 0.1) is 28.6 Å². The molecule has 0 unspecified atom stereocenters. The van der Waals surface area contributed by atoms with Gasteiger partial charge in [0.1, 0.15) is 11.6 Å². The van der Waals surface area contributed by atoms with Gasteiger partial charge in [0.25, 0.3) is 0 Å². The Morgan fingerprint density at radius 3 is 2.39 bits per heavy atom. The molecule has 8 heteroatoms. The minimum atomic E-state index is -0.704. The van der Waals surface area contributed by atoms with Crippen molar-refractivity contribution in [3.63, 3.8) is 0 Å². The molecule has 0 aliphatic heterocycles. The first-order chi connectivity index (χ1) is 17.5.